The number of fused-ring (bicyclic) bond motifs is 5. The van der Waals surface area contributed by atoms with E-state index >= 15 is 0 Å². The van der Waals surface area contributed by atoms with Crippen LogP contribution >= 0.6 is 0 Å². The van der Waals surface area contributed by atoms with E-state index in [4.69, 9.17) is 4.74 Å². The summed E-state index contributed by atoms with van der Waals surface area (Å²) in [6.07, 6.45) is 5.17. The van der Waals surface area contributed by atoms with Gasteiger partial charge in [-0.2, -0.15) is 0 Å². The predicted octanol–water partition coefficient (Wildman–Crippen LogP) is 4.80. The van der Waals surface area contributed by atoms with Gasteiger partial charge in [0.15, 0.2) is 0 Å². The van der Waals surface area contributed by atoms with Crippen molar-refractivity contribution >= 4 is 17.5 Å². The molecule has 2 aromatic rings. The van der Waals surface area contributed by atoms with E-state index in [1.165, 1.54) is 10.5 Å². The molecule has 2 bridgehead atoms. The van der Waals surface area contributed by atoms with Crippen molar-refractivity contribution in [2.24, 2.45) is 23.2 Å². The fourth-order valence-electron chi connectivity index (χ4n) is 5.18. The van der Waals surface area contributed by atoms with Gasteiger partial charge in [0, 0.05) is 0 Å². The Morgan fingerprint density at radius 3 is 2.50 bits per heavy atom. The van der Waals surface area contributed by atoms with E-state index in [2.05, 4.69) is 25.1 Å². The predicted molar refractivity (Wildman–Crippen MR) is 107 cm³/mol. The molecule has 0 radical (unpaired) electrons. The van der Waals surface area contributed by atoms with Crippen LogP contribution < -0.4 is 9.64 Å². The zero-order valence-corrected chi connectivity index (χ0v) is 16.3. The Balaban J connectivity index is 1.42. The van der Waals surface area contributed by atoms with Crippen molar-refractivity contribution in [3.05, 3.63) is 65.7 Å². The normalized spacial score (nSPS) is 30.2. The first kappa shape index (κ1) is 17.2. The Labute approximate surface area is 164 Å². The van der Waals surface area contributed by atoms with Crippen LogP contribution in [-0.2, 0) is 9.59 Å². The van der Waals surface area contributed by atoms with Crippen molar-refractivity contribution in [3.8, 4) is 11.5 Å². The van der Waals surface area contributed by atoms with Gasteiger partial charge in [-0.15, -0.1) is 0 Å². The lowest BCUT2D eigenvalue weighted by molar-refractivity contribution is -0.127. The van der Waals surface area contributed by atoms with E-state index in [0.717, 1.165) is 17.7 Å². The number of ether oxygens (including phenoxy) is 1. The first-order chi connectivity index (χ1) is 13.4. The van der Waals surface area contributed by atoms with Crippen molar-refractivity contribution in [1.29, 1.82) is 0 Å². The van der Waals surface area contributed by atoms with Gasteiger partial charge in [0.1, 0.15) is 11.5 Å². The van der Waals surface area contributed by atoms with Gasteiger partial charge in [-0.25, -0.2) is 4.90 Å². The van der Waals surface area contributed by atoms with Gasteiger partial charge in [-0.05, 0) is 80.5 Å². The zero-order chi connectivity index (χ0) is 19.6. The number of carbonyl (C=O) groups is 2. The van der Waals surface area contributed by atoms with Gasteiger partial charge in [0.05, 0.1) is 17.0 Å². The Morgan fingerprint density at radius 1 is 1.04 bits per heavy atom. The molecule has 0 spiro atoms. The number of imide groups is 1. The Morgan fingerprint density at radius 2 is 1.79 bits per heavy atom. The van der Waals surface area contributed by atoms with Crippen molar-refractivity contribution in [3.63, 3.8) is 0 Å². The van der Waals surface area contributed by atoms with Gasteiger partial charge in [0.25, 0.3) is 0 Å². The van der Waals surface area contributed by atoms with Crippen molar-refractivity contribution in [1.82, 2.24) is 0 Å². The average Bonchev–Trinajstić information content (AvgIpc) is 3.32. The molecule has 0 aromatic heterocycles. The van der Waals surface area contributed by atoms with Gasteiger partial charge in [-0.3, -0.25) is 9.59 Å². The largest absolute Gasteiger partial charge is 0.457 e. The number of amides is 2. The number of aryl methyl sites for hydroxylation is 1. The van der Waals surface area contributed by atoms with Gasteiger partial charge < -0.3 is 4.74 Å². The van der Waals surface area contributed by atoms with Crippen LogP contribution in [0, 0.1) is 37.0 Å². The number of allylic oxidation sites excluding steroid dienone is 2. The summed E-state index contributed by atoms with van der Waals surface area (Å²) in [4.78, 5) is 27.7. The lowest BCUT2D eigenvalue weighted by Gasteiger charge is -2.28. The molecule has 28 heavy (non-hydrogen) atoms. The second kappa shape index (κ2) is 5.81. The van der Waals surface area contributed by atoms with Crippen molar-refractivity contribution in [2.45, 2.75) is 27.2 Å². The first-order valence-corrected chi connectivity index (χ1v) is 9.82. The van der Waals surface area contributed by atoms with Crippen LogP contribution in [0.2, 0.25) is 0 Å². The quantitative estimate of drug-likeness (QED) is 0.574. The summed E-state index contributed by atoms with van der Waals surface area (Å²) in [6, 6.07) is 13.2. The van der Waals surface area contributed by atoms with Crippen LogP contribution in [0.3, 0.4) is 0 Å². The summed E-state index contributed by atoms with van der Waals surface area (Å²) in [5, 5.41) is 0. The van der Waals surface area contributed by atoms with E-state index in [9.17, 15) is 9.59 Å². The van der Waals surface area contributed by atoms with E-state index in [1.54, 1.807) is 12.1 Å². The van der Waals surface area contributed by atoms with Crippen LogP contribution in [0.1, 0.15) is 24.5 Å². The molecule has 2 amide bonds. The first-order valence-electron chi connectivity index (χ1n) is 9.82. The maximum absolute atomic E-state index is 13.2. The summed E-state index contributed by atoms with van der Waals surface area (Å²) < 4.78 is 6.00. The summed E-state index contributed by atoms with van der Waals surface area (Å²) >= 11 is 0. The van der Waals surface area contributed by atoms with Crippen molar-refractivity contribution < 1.29 is 14.3 Å². The highest BCUT2D eigenvalue weighted by Gasteiger charge is 2.67. The minimum Gasteiger partial charge on any atom is -0.457 e. The Kier molecular flexibility index (Phi) is 3.57. The third kappa shape index (κ3) is 2.17. The fraction of sp³-hybridized carbons (Fsp3) is 0.333. The molecule has 142 valence electrons. The third-order valence-corrected chi connectivity index (χ3v) is 6.99. The molecule has 3 aliphatic rings. The number of rotatable bonds is 3. The standard InChI is InChI=1S/C24H23NO3/c1-14-5-4-6-20(15(14)2)28-19-11-9-18(10-12-19)25-22(26)21-16-7-8-17(13-16)24(21,3)23(25)27/h4-12,16-17,21H,13H2,1-3H3/t16-,17-,21+,24-/m0/s1. The van der Waals surface area contributed by atoms with Crippen LogP contribution in [0.4, 0.5) is 5.69 Å². The van der Waals surface area contributed by atoms with Gasteiger partial charge in [0.2, 0.25) is 11.8 Å². The summed E-state index contributed by atoms with van der Waals surface area (Å²) in [5.74, 6) is 1.52. The third-order valence-electron chi connectivity index (χ3n) is 6.99. The van der Waals surface area contributed by atoms with Crippen LogP contribution in [0.15, 0.2) is 54.6 Å². The van der Waals surface area contributed by atoms with E-state index in [-0.39, 0.29) is 29.6 Å². The molecule has 4 nitrogen and oxygen atoms in total. The monoisotopic (exact) mass is 373 g/mol. The lowest BCUT2D eigenvalue weighted by atomic mass is 9.71. The topological polar surface area (TPSA) is 46.6 Å². The average molecular weight is 373 g/mol. The second-order valence-corrected chi connectivity index (χ2v) is 8.42. The molecule has 1 saturated carbocycles. The number of carbonyl (C=O) groups excluding carboxylic acids is 2. The van der Waals surface area contributed by atoms with Gasteiger partial charge >= 0.3 is 0 Å². The smallest absolute Gasteiger partial charge is 0.241 e. The molecular formula is C24H23NO3. The van der Waals surface area contributed by atoms with Crippen molar-refractivity contribution in [2.75, 3.05) is 4.90 Å². The highest BCUT2D eigenvalue weighted by atomic mass is 16.5. The number of benzene rings is 2. The molecule has 1 aliphatic heterocycles. The molecule has 1 saturated heterocycles. The number of hydrogen-bond acceptors (Lipinski definition) is 3. The molecule has 4 atom stereocenters. The highest BCUT2D eigenvalue weighted by Crippen LogP contribution is 2.60. The molecule has 1 heterocycles. The lowest BCUT2D eigenvalue weighted by Crippen LogP contribution is -2.37. The molecular weight excluding hydrogens is 350 g/mol. The van der Waals surface area contributed by atoms with E-state index in [0.29, 0.717) is 11.4 Å². The molecule has 2 fully saturated rings. The zero-order valence-electron chi connectivity index (χ0n) is 16.3. The molecule has 2 aliphatic carbocycles. The van der Waals surface area contributed by atoms with Crippen LogP contribution in [0.25, 0.3) is 0 Å². The minimum absolute atomic E-state index is 0.0625. The Bertz CT molecular complexity index is 1020. The minimum atomic E-state index is -0.593. The maximum Gasteiger partial charge on any atom is 0.241 e. The number of hydrogen-bond donors (Lipinski definition) is 0. The fourth-order valence-corrected chi connectivity index (χ4v) is 5.18. The summed E-state index contributed by atoms with van der Waals surface area (Å²) in [5.41, 5.74) is 2.30. The Hall–Kier alpha value is -2.88. The molecule has 4 heteroatoms. The molecule has 2 aromatic carbocycles. The van der Waals surface area contributed by atoms with E-state index < -0.39 is 5.41 Å². The maximum atomic E-state index is 13.2. The highest BCUT2D eigenvalue weighted by molar-refractivity contribution is 6.24. The summed E-state index contributed by atoms with van der Waals surface area (Å²) in [7, 11) is 0. The summed E-state index contributed by atoms with van der Waals surface area (Å²) in [6.45, 7) is 6.04. The second-order valence-electron chi connectivity index (χ2n) is 8.42. The molecule has 0 N–H and O–H groups in total. The molecule has 5 rings (SSSR count). The van der Waals surface area contributed by atoms with Crippen LogP contribution in [0.5, 0.6) is 11.5 Å². The van der Waals surface area contributed by atoms with Gasteiger partial charge in [-0.1, -0.05) is 24.3 Å². The van der Waals surface area contributed by atoms with E-state index in [1.807, 2.05) is 38.1 Å². The molecule has 0 unspecified atom stereocenters. The number of anilines is 1. The number of nitrogens with zero attached hydrogens (tertiary/aromatic N) is 1. The van der Waals surface area contributed by atoms with Crippen LogP contribution in [-0.4, -0.2) is 11.8 Å². The SMILES string of the molecule is Cc1cccc(Oc2ccc(N3C(=O)[C@H]4[C@H]5C=C[C@@H](C5)[C@]4(C)C3=O)cc2)c1C.